The number of pyridine rings is 1. The number of benzene rings is 3. The molecule has 1 aromatic heterocycles. The molecule has 6 nitrogen and oxygen atoms in total. The first kappa shape index (κ1) is 25.8. The number of carbonyl (C=O) groups is 1. The fourth-order valence-corrected chi connectivity index (χ4v) is 4.75. The molecule has 0 saturated carbocycles. The van der Waals surface area contributed by atoms with Crippen molar-refractivity contribution < 1.29 is 14.3 Å². The van der Waals surface area contributed by atoms with Gasteiger partial charge in [0.2, 0.25) is 5.91 Å². The van der Waals surface area contributed by atoms with Crippen LogP contribution in [0.5, 0.6) is 11.5 Å². The predicted molar refractivity (Wildman–Crippen MR) is 148 cm³/mol. The highest BCUT2D eigenvalue weighted by Crippen LogP contribution is 2.35. The molecule has 0 aliphatic heterocycles. The maximum Gasteiger partial charge on any atom is 0.225 e. The molecule has 0 spiro atoms. The molecule has 37 heavy (non-hydrogen) atoms. The first-order chi connectivity index (χ1) is 18.0. The quantitative estimate of drug-likeness (QED) is 0.252. The standard InChI is InChI=1S/C30H27N3O3S/c1-20-8-10-21(11-9-20)24-18-27(22-12-14-23(35-2)15-13-22)33-30(25(24)19-31)37-17-16-29(34)32-26-6-4-5-7-28(26)36-3/h4-15,18H,16-17H2,1-3H3,(H,32,34). The second kappa shape index (κ2) is 12.1. The van der Waals surface area contributed by atoms with Gasteiger partial charge in [0, 0.05) is 23.3 Å². The van der Waals surface area contributed by atoms with E-state index in [1.54, 1.807) is 26.4 Å². The molecule has 1 heterocycles. The lowest BCUT2D eigenvalue weighted by atomic mass is 9.98. The van der Waals surface area contributed by atoms with E-state index in [0.717, 1.165) is 33.7 Å². The summed E-state index contributed by atoms with van der Waals surface area (Å²) in [6.45, 7) is 2.03. The number of thioether (sulfide) groups is 1. The molecule has 0 saturated heterocycles. The Labute approximate surface area is 221 Å². The van der Waals surface area contributed by atoms with E-state index < -0.39 is 0 Å². The number of rotatable bonds is 9. The average molecular weight is 510 g/mol. The van der Waals surface area contributed by atoms with E-state index >= 15 is 0 Å². The monoisotopic (exact) mass is 509 g/mol. The number of hydrogen-bond donors (Lipinski definition) is 1. The minimum Gasteiger partial charge on any atom is -0.497 e. The van der Waals surface area contributed by atoms with Gasteiger partial charge in [-0.2, -0.15) is 5.26 Å². The maximum atomic E-state index is 12.6. The lowest BCUT2D eigenvalue weighted by Crippen LogP contribution is -2.13. The number of para-hydroxylation sites is 2. The number of nitriles is 1. The third-order valence-corrected chi connectivity index (χ3v) is 6.77. The van der Waals surface area contributed by atoms with Crippen LogP contribution in [0.15, 0.2) is 83.9 Å². The van der Waals surface area contributed by atoms with E-state index in [-0.39, 0.29) is 12.3 Å². The van der Waals surface area contributed by atoms with E-state index in [2.05, 4.69) is 11.4 Å². The summed E-state index contributed by atoms with van der Waals surface area (Å²) in [4.78, 5) is 17.4. The van der Waals surface area contributed by atoms with Crippen LogP contribution in [0.4, 0.5) is 5.69 Å². The van der Waals surface area contributed by atoms with Crippen LogP contribution in [-0.4, -0.2) is 30.9 Å². The molecular weight excluding hydrogens is 482 g/mol. The van der Waals surface area contributed by atoms with Crippen molar-refractivity contribution in [1.29, 1.82) is 5.26 Å². The van der Waals surface area contributed by atoms with Crippen LogP contribution in [-0.2, 0) is 4.79 Å². The Balaban J connectivity index is 1.61. The number of methoxy groups -OCH3 is 2. The van der Waals surface area contributed by atoms with Gasteiger partial charge < -0.3 is 14.8 Å². The summed E-state index contributed by atoms with van der Waals surface area (Å²) in [6, 6.07) is 27.3. The highest BCUT2D eigenvalue weighted by molar-refractivity contribution is 7.99. The SMILES string of the molecule is COc1ccc(-c2cc(-c3ccc(C)cc3)c(C#N)c(SCCC(=O)Nc3ccccc3OC)n2)cc1. The first-order valence-corrected chi connectivity index (χ1v) is 12.7. The van der Waals surface area contributed by atoms with Crippen molar-refractivity contribution in [3.63, 3.8) is 0 Å². The molecule has 4 aromatic rings. The van der Waals surface area contributed by atoms with E-state index in [0.29, 0.717) is 27.8 Å². The molecule has 0 aliphatic carbocycles. The van der Waals surface area contributed by atoms with Gasteiger partial charge in [-0.15, -0.1) is 11.8 Å². The number of ether oxygens (including phenoxy) is 2. The van der Waals surface area contributed by atoms with E-state index in [1.807, 2.05) is 73.7 Å². The summed E-state index contributed by atoms with van der Waals surface area (Å²) in [5, 5.41) is 13.6. The number of aromatic nitrogens is 1. The highest BCUT2D eigenvalue weighted by atomic mass is 32.2. The minimum absolute atomic E-state index is 0.138. The zero-order chi connectivity index (χ0) is 26.2. The van der Waals surface area contributed by atoms with Gasteiger partial charge in [0.15, 0.2) is 0 Å². The Morgan fingerprint density at radius 2 is 1.68 bits per heavy atom. The number of amides is 1. The van der Waals surface area contributed by atoms with Crippen molar-refractivity contribution in [3.8, 4) is 40.0 Å². The van der Waals surface area contributed by atoms with Crippen molar-refractivity contribution in [1.82, 2.24) is 4.98 Å². The molecule has 186 valence electrons. The van der Waals surface area contributed by atoms with Crippen molar-refractivity contribution in [2.24, 2.45) is 0 Å². The van der Waals surface area contributed by atoms with E-state index in [9.17, 15) is 10.1 Å². The molecule has 0 fully saturated rings. The summed E-state index contributed by atoms with van der Waals surface area (Å²) in [5.74, 6) is 1.68. The number of nitrogens with zero attached hydrogens (tertiary/aromatic N) is 2. The van der Waals surface area contributed by atoms with Gasteiger partial charge in [-0.25, -0.2) is 4.98 Å². The lowest BCUT2D eigenvalue weighted by Gasteiger charge is -2.13. The first-order valence-electron chi connectivity index (χ1n) is 11.7. The van der Waals surface area contributed by atoms with Gasteiger partial charge in [0.05, 0.1) is 31.2 Å². The van der Waals surface area contributed by atoms with Crippen molar-refractivity contribution >= 4 is 23.4 Å². The molecule has 0 unspecified atom stereocenters. The number of anilines is 1. The summed E-state index contributed by atoms with van der Waals surface area (Å²) in [5.41, 5.74) is 5.67. The van der Waals surface area contributed by atoms with Gasteiger partial charge in [-0.3, -0.25) is 4.79 Å². The molecule has 0 atom stereocenters. The predicted octanol–water partition coefficient (Wildman–Crippen LogP) is 6.73. The Bertz CT molecular complexity index is 1430. The molecule has 1 N–H and O–H groups in total. The van der Waals surface area contributed by atoms with Gasteiger partial charge in [-0.05, 0) is 55.0 Å². The summed E-state index contributed by atoms with van der Waals surface area (Å²) in [6.07, 6.45) is 0.252. The number of aryl methyl sites for hydroxylation is 1. The fraction of sp³-hybridized carbons (Fsp3) is 0.167. The van der Waals surface area contributed by atoms with Crippen LogP contribution in [0.1, 0.15) is 17.5 Å². The number of carbonyl (C=O) groups excluding carboxylic acids is 1. The smallest absolute Gasteiger partial charge is 0.225 e. The summed E-state index contributed by atoms with van der Waals surface area (Å²) in [7, 11) is 3.20. The van der Waals surface area contributed by atoms with E-state index in [4.69, 9.17) is 14.5 Å². The normalized spacial score (nSPS) is 10.4. The molecule has 7 heteroatoms. The zero-order valence-corrected chi connectivity index (χ0v) is 21.8. The fourth-order valence-electron chi connectivity index (χ4n) is 3.81. The van der Waals surface area contributed by atoms with Crippen LogP contribution >= 0.6 is 11.8 Å². The van der Waals surface area contributed by atoms with Crippen molar-refractivity contribution in [3.05, 3.63) is 90.0 Å². The Morgan fingerprint density at radius 3 is 2.35 bits per heavy atom. The van der Waals surface area contributed by atoms with E-state index in [1.165, 1.54) is 11.8 Å². The molecule has 3 aromatic carbocycles. The van der Waals surface area contributed by atoms with Gasteiger partial charge in [0.25, 0.3) is 0 Å². The van der Waals surface area contributed by atoms with Crippen LogP contribution in [0.3, 0.4) is 0 Å². The zero-order valence-electron chi connectivity index (χ0n) is 20.9. The molecule has 0 radical (unpaired) electrons. The third-order valence-electron chi connectivity index (χ3n) is 5.80. The number of nitrogens with one attached hydrogen (secondary N) is 1. The van der Waals surface area contributed by atoms with Crippen molar-refractivity contribution in [2.45, 2.75) is 18.4 Å². The minimum atomic E-state index is -0.138. The Morgan fingerprint density at radius 1 is 0.973 bits per heavy atom. The maximum absolute atomic E-state index is 12.6. The molecule has 4 rings (SSSR count). The van der Waals surface area contributed by atoms with Crippen LogP contribution in [0.25, 0.3) is 22.4 Å². The third kappa shape index (κ3) is 6.29. The Kier molecular flexibility index (Phi) is 8.44. The van der Waals surface area contributed by atoms with Gasteiger partial charge in [-0.1, -0.05) is 42.0 Å². The summed E-state index contributed by atoms with van der Waals surface area (Å²) < 4.78 is 10.6. The second-order valence-electron chi connectivity index (χ2n) is 8.29. The molecule has 1 amide bonds. The number of hydrogen-bond acceptors (Lipinski definition) is 6. The second-order valence-corrected chi connectivity index (χ2v) is 9.37. The van der Waals surface area contributed by atoms with Crippen LogP contribution < -0.4 is 14.8 Å². The largest absolute Gasteiger partial charge is 0.497 e. The molecular formula is C30H27N3O3S. The Hall–Kier alpha value is -4.28. The van der Waals surface area contributed by atoms with Gasteiger partial charge in [0.1, 0.15) is 22.6 Å². The average Bonchev–Trinajstić information content (AvgIpc) is 2.93. The summed E-state index contributed by atoms with van der Waals surface area (Å²) >= 11 is 1.40. The van der Waals surface area contributed by atoms with Gasteiger partial charge >= 0.3 is 0 Å². The van der Waals surface area contributed by atoms with Crippen molar-refractivity contribution in [2.75, 3.05) is 25.3 Å². The topological polar surface area (TPSA) is 84.2 Å². The lowest BCUT2D eigenvalue weighted by molar-refractivity contribution is -0.115. The van der Waals surface area contributed by atoms with Crippen LogP contribution in [0, 0.1) is 18.3 Å². The van der Waals surface area contributed by atoms with Crippen LogP contribution in [0.2, 0.25) is 0 Å². The molecule has 0 bridgehead atoms. The molecule has 0 aliphatic rings. The highest BCUT2D eigenvalue weighted by Gasteiger charge is 2.17.